The summed E-state index contributed by atoms with van der Waals surface area (Å²) in [6, 6.07) is 19.8. The van der Waals surface area contributed by atoms with E-state index in [4.69, 9.17) is 22.1 Å². The van der Waals surface area contributed by atoms with Gasteiger partial charge >= 0.3 is 0 Å². The minimum Gasteiger partial charge on any atom is -0.312 e. The maximum absolute atomic E-state index is 11.9. The van der Waals surface area contributed by atoms with Crippen molar-refractivity contribution in [2.45, 2.75) is 4.90 Å². The number of nitrogens with one attached hydrogen (secondary N) is 1. The lowest BCUT2D eigenvalue weighted by atomic mass is 10.0. The maximum atomic E-state index is 11.9. The zero-order chi connectivity index (χ0) is 22.6. The molecule has 5 rings (SSSR count). The van der Waals surface area contributed by atoms with E-state index in [1.165, 1.54) is 12.1 Å². The molecule has 3 N–H and O–H groups in total. The summed E-state index contributed by atoms with van der Waals surface area (Å²) in [6.07, 6.45) is 1.72. The van der Waals surface area contributed by atoms with Crippen LogP contribution in [0.2, 0.25) is 5.02 Å². The summed E-state index contributed by atoms with van der Waals surface area (Å²) in [7, 11) is -2.11. The van der Waals surface area contributed by atoms with E-state index in [1.54, 1.807) is 34.5 Å². The Bertz CT molecular complexity index is 1690. The van der Waals surface area contributed by atoms with Gasteiger partial charge in [-0.25, -0.2) is 13.6 Å². The number of benzene rings is 3. The van der Waals surface area contributed by atoms with Gasteiger partial charge in [0.25, 0.3) is 0 Å². The summed E-state index contributed by atoms with van der Waals surface area (Å²) in [4.78, 5) is 4.55. The minimum atomic E-state index is -3.89. The van der Waals surface area contributed by atoms with E-state index in [0.29, 0.717) is 10.7 Å². The number of nitrogens with two attached hydrogens (primary N) is 1. The normalized spacial score (nSPS) is 12.0. The summed E-state index contributed by atoms with van der Waals surface area (Å²) in [6.45, 7) is 0. The van der Waals surface area contributed by atoms with E-state index in [0.717, 1.165) is 33.1 Å². The van der Waals surface area contributed by atoms with Crippen molar-refractivity contribution >= 4 is 43.6 Å². The molecule has 0 spiro atoms. The lowest BCUT2D eigenvalue weighted by Crippen LogP contribution is -2.21. The fourth-order valence-electron chi connectivity index (χ4n) is 3.89. The Kier molecular flexibility index (Phi) is 4.67. The van der Waals surface area contributed by atoms with Crippen molar-refractivity contribution in [1.82, 2.24) is 14.1 Å². The Morgan fingerprint density at radius 1 is 1.00 bits per heavy atom. The molecule has 0 radical (unpaired) electrons. The highest BCUT2D eigenvalue weighted by atomic mass is 35.5. The number of hydrogen-bond acceptors (Lipinski definition) is 4. The molecule has 0 atom stereocenters. The standard InChI is InChI=1S/C23H18ClN5O2S/c1-28-21-13-27-20-10-7-15(14-5-8-16(24)9-6-14)11-19(20)22(21)29(23(28)25)17-3-2-4-18(12-17)32(26,30)31/h2-13,25H,1H3,(H2,26,30,31). The number of nitrogens with zero attached hydrogens (tertiary/aromatic N) is 3. The number of primary sulfonamides is 1. The van der Waals surface area contributed by atoms with Crippen molar-refractivity contribution in [3.8, 4) is 16.8 Å². The molecule has 32 heavy (non-hydrogen) atoms. The van der Waals surface area contributed by atoms with Crippen LogP contribution in [-0.2, 0) is 17.1 Å². The van der Waals surface area contributed by atoms with Crippen molar-refractivity contribution in [2.75, 3.05) is 0 Å². The van der Waals surface area contributed by atoms with Gasteiger partial charge in [0.2, 0.25) is 15.6 Å². The summed E-state index contributed by atoms with van der Waals surface area (Å²) in [5.41, 5.74) is 4.94. The highest BCUT2D eigenvalue weighted by molar-refractivity contribution is 7.89. The Hall–Kier alpha value is -3.46. The molecule has 9 heteroatoms. The van der Waals surface area contributed by atoms with Crippen molar-refractivity contribution in [1.29, 1.82) is 5.41 Å². The third kappa shape index (κ3) is 3.29. The SMILES string of the molecule is Cn1c(=N)n(-c2cccc(S(N)(=O)=O)c2)c2c3cc(-c4ccc(Cl)cc4)ccc3ncc21. The van der Waals surface area contributed by atoms with Crippen LogP contribution in [0.25, 0.3) is 38.8 Å². The molecule has 0 aliphatic heterocycles. The van der Waals surface area contributed by atoms with Gasteiger partial charge in [0, 0.05) is 17.5 Å². The van der Waals surface area contributed by atoms with E-state index in [9.17, 15) is 8.42 Å². The predicted molar refractivity (Wildman–Crippen MR) is 125 cm³/mol. The first-order valence-corrected chi connectivity index (χ1v) is 11.6. The second-order valence-corrected chi connectivity index (χ2v) is 9.49. The molecular weight excluding hydrogens is 446 g/mol. The maximum Gasteiger partial charge on any atom is 0.238 e. The van der Waals surface area contributed by atoms with Gasteiger partial charge in [-0.1, -0.05) is 35.9 Å². The third-order valence-electron chi connectivity index (χ3n) is 5.52. The van der Waals surface area contributed by atoms with Crippen LogP contribution in [-0.4, -0.2) is 22.5 Å². The molecular formula is C23H18ClN5O2S. The number of aryl methyl sites for hydroxylation is 1. The van der Waals surface area contributed by atoms with Crippen LogP contribution in [0.1, 0.15) is 0 Å². The van der Waals surface area contributed by atoms with E-state index in [1.807, 2.05) is 42.5 Å². The van der Waals surface area contributed by atoms with Crippen molar-refractivity contribution in [2.24, 2.45) is 12.2 Å². The largest absolute Gasteiger partial charge is 0.312 e. The first kappa shape index (κ1) is 20.4. The quantitative estimate of drug-likeness (QED) is 0.422. The van der Waals surface area contributed by atoms with Gasteiger partial charge in [-0.2, -0.15) is 0 Å². The van der Waals surface area contributed by atoms with Gasteiger partial charge in [0.05, 0.1) is 33.3 Å². The summed E-state index contributed by atoms with van der Waals surface area (Å²) in [5.74, 6) is 0. The lowest BCUT2D eigenvalue weighted by Gasteiger charge is -2.10. The molecule has 0 amide bonds. The molecule has 0 bridgehead atoms. The minimum absolute atomic E-state index is 0.0147. The number of imidazole rings is 1. The van der Waals surface area contributed by atoms with Crippen LogP contribution in [0.5, 0.6) is 0 Å². The predicted octanol–water partition coefficient (Wildman–Crippen LogP) is 3.96. The molecule has 0 saturated carbocycles. The third-order valence-corrected chi connectivity index (χ3v) is 6.68. The molecule has 160 valence electrons. The Morgan fingerprint density at radius 2 is 1.72 bits per heavy atom. The van der Waals surface area contributed by atoms with Gasteiger partial charge in [0.1, 0.15) is 0 Å². The second-order valence-electron chi connectivity index (χ2n) is 7.49. The highest BCUT2D eigenvalue weighted by Crippen LogP contribution is 2.30. The number of hydrogen-bond donors (Lipinski definition) is 2. The first-order valence-electron chi connectivity index (χ1n) is 9.68. The average molecular weight is 464 g/mol. The van der Waals surface area contributed by atoms with E-state index in [-0.39, 0.29) is 10.5 Å². The monoisotopic (exact) mass is 463 g/mol. The van der Waals surface area contributed by atoms with Crippen LogP contribution >= 0.6 is 11.6 Å². The van der Waals surface area contributed by atoms with E-state index in [2.05, 4.69) is 4.98 Å². The van der Waals surface area contributed by atoms with Gasteiger partial charge in [-0.15, -0.1) is 0 Å². The van der Waals surface area contributed by atoms with Gasteiger partial charge in [-0.05, 0) is 53.6 Å². The topological polar surface area (TPSA) is 107 Å². The van der Waals surface area contributed by atoms with Crippen molar-refractivity contribution in [3.05, 3.63) is 83.6 Å². The van der Waals surface area contributed by atoms with Crippen molar-refractivity contribution in [3.63, 3.8) is 0 Å². The molecule has 0 saturated heterocycles. The number of halogens is 1. The number of aromatic nitrogens is 3. The van der Waals surface area contributed by atoms with Gasteiger partial charge in [0.15, 0.2) is 0 Å². The lowest BCUT2D eigenvalue weighted by molar-refractivity contribution is 0.597. The van der Waals surface area contributed by atoms with E-state index >= 15 is 0 Å². The molecule has 5 aromatic rings. The molecule has 0 unspecified atom stereocenters. The van der Waals surface area contributed by atoms with Crippen LogP contribution in [0.3, 0.4) is 0 Å². The molecule has 0 fully saturated rings. The average Bonchev–Trinajstić information content (AvgIpc) is 3.04. The second kappa shape index (κ2) is 7.30. The van der Waals surface area contributed by atoms with Gasteiger partial charge in [-0.3, -0.25) is 15.0 Å². The molecule has 2 aromatic heterocycles. The Balaban J connectivity index is 1.86. The summed E-state index contributed by atoms with van der Waals surface area (Å²) < 4.78 is 27.2. The van der Waals surface area contributed by atoms with Crippen LogP contribution < -0.4 is 10.8 Å². The molecule has 7 nitrogen and oxygen atoms in total. The number of sulfonamides is 1. The summed E-state index contributed by atoms with van der Waals surface area (Å²) in [5, 5.41) is 15.5. The molecule has 0 aliphatic carbocycles. The van der Waals surface area contributed by atoms with Crippen molar-refractivity contribution < 1.29 is 8.42 Å². The smallest absolute Gasteiger partial charge is 0.238 e. The van der Waals surface area contributed by atoms with E-state index < -0.39 is 10.0 Å². The highest BCUT2D eigenvalue weighted by Gasteiger charge is 2.17. The van der Waals surface area contributed by atoms with Gasteiger partial charge < -0.3 is 4.57 Å². The number of rotatable bonds is 3. The molecule has 0 aliphatic rings. The fraction of sp³-hybridized carbons (Fsp3) is 0.0435. The Labute approximate surface area is 188 Å². The van der Waals surface area contributed by atoms with Crippen LogP contribution in [0.15, 0.2) is 77.8 Å². The number of fused-ring (bicyclic) bond motifs is 3. The number of pyridine rings is 1. The first-order chi connectivity index (χ1) is 15.2. The van der Waals surface area contributed by atoms with Crippen LogP contribution in [0, 0.1) is 5.41 Å². The zero-order valence-corrected chi connectivity index (χ0v) is 18.5. The fourth-order valence-corrected chi connectivity index (χ4v) is 4.57. The Morgan fingerprint density at radius 3 is 2.44 bits per heavy atom. The molecule has 3 aromatic carbocycles. The van der Waals surface area contributed by atoms with Crippen LogP contribution in [0.4, 0.5) is 0 Å². The zero-order valence-electron chi connectivity index (χ0n) is 16.9. The summed E-state index contributed by atoms with van der Waals surface area (Å²) >= 11 is 6.04. The molecule has 2 heterocycles.